The molecular weight excluding hydrogens is 242 g/mol. The van der Waals surface area contributed by atoms with Crippen molar-refractivity contribution in [3.8, 4) is 0 Å². The number of sulfone groups is 1. The number of morpholine rings is 1. The minimum atomic E-state index is -2.97. The van der Waals surface area contributed by atoms with Gasteiger partial charge in [0, 0.05) is 6.54 Å². The zero-order valence-corrected chi connectivity index (χ0v) is 10.9. The first-order chi connectivity index (χ1) is 7.91. The molecule has 1 amide bonds. The number of carbonyl (C=O) groups excluding carboxylic acids is 1. The maximum Gasteiger partial charge on any atom is 0.246 e. The van der Waals surface area contributed by atoms with Gasteiger partial charge in [0.15, 0.2) is 9.84 Å². The first kappa shape index (κ1) is 12.8. The van der Waals surface area contributed by atoms with Gasteiger partial charge in [-0.15, -0.1) is 0 Å². The number of hydrogen-bond acceptors (Lipinski definition) is 4. The molecule has 2 saturated heterocycles. The quantitative estimate of drug-likeness (QED) is 0.773. The molecule has 0 aliphatic carbocycles. The number of carbonyl (C=O) groups is 1. The largest absolute Gasteiger partial charge is 0.364 e. The molecule has 98 valence electrons. The van der Waals surface area contributed by atoms with E-state index >= 15 is 0 Å². The van der Waals surface area contributed by atoms with Gasteiger partial charge in [0.2, 0.25) is 5.91 Å². The molecule has 2 rings (SSSR count). The predicted octanol–water partition coefficient (Wildman–Crippen LogP) is 0.249. The minimum Gasteiger partial charge on any atom is -0.364 e. The number of hydrogen-bond donors (Lipinski definition) is 1. The highest BCUT2D eigenvalue weighted by molar-refractivity contribution is 7.92. The average Bonchev–Trinajstić information content (AvgIpc) is 2.26. The van der Waals surface area contributed by atoms with Gasteiger partial charge in [-0.2, -0.15) is 0 Å². The Hall–Kier alpha value is -0.620. The van der Waals surface area contributed by atoms with Crippen molar-refractivity contribution in [3.05, 3.63) is 0 Å². The van der Waals surface area contributed by atoms with Crippen LogP contribution in [0.3, 0.4) is 0 Å². The predicted molar refractivity (Wildman–Crippen MR) is 63.4 cm³/mol. The van der Waals surface area contributed by atoms with Crippen LogP contribution >= 0.6 is 0 Å². The van der Waals surface area contributed by atoms with E-state index in [-0.39, 0.29) is 17.8 Å². The molecule has 1 N–H and O–H groups in total. The van der Waals surface area contributed by atoms with Crippen molar-refractivity contribution in [1.29, 1.82) is 0 Å². The molecule has 0 bridgehead atoms. The number of nitrogens with one attached hydrogen (secondary N) is 1. The van der Waals surface area contributed by atoms with E-state index in [1.54, 1.807) is 0 Å². The third-order valence-corrected chi connectivity index (χ3v) is 5.86. The Labute approximate surface area is 102 Å². The first-order valence-corrected chi connectivity index (χ1v) is 7.75. The Morgan fingerprint density at radius 3 is 2.82 bits per heavy atom. The lowest BCUT2D eigenvalue weighted by Crippen LogP contribution is -2.53. The fourth-order valence-electron chi connectivity index (χ4n) is 2.49. The number of rotatable bonds is 2. The molecule has 2 aliphatic rings. The molecule has 2 unspecified atom stereocenters. The number of amides is 1. The minimum absolute atomic E-state index is 0.0310. The Balaban J connectivity index is 2.02. The summed E-state index contributed by atoms with van der Waals surface area (Å²) in [4.78, 5) is 11.0. The summed E-state index contributed by atoms with van der Waals surface area (Å²) in [5.41, 5.74) is -0.539. The summed E-state index contributed by atoms with van der Waals surface area (Å²) in [6.45, 7) is 2.30. The van der Waals surface area contributed by atoms with E-state index in [2.05, 4.69) is 5.32 Å². The first-order valence-electron chi connectivity index (χ1n) is 6.04. The van der Waals surface area contributed by atoms with E-state index in [1.807, 2.05) is 6.92 Å². The van der Waals surface area contributed by atoms with Gasteiger partial charge in [-0.05, 0) is 26.2 Å². The molecule has 0 aromatic heterocycles. The summed E-state index contributed by atoms with van der Waals surface area (Å²) in [5.74, 6) is 0.161. The van der Waals surface area contributed by atoms with Crippen LogP contribution in [-0.2, 0) is 19.4 Å². The second-order valence-corrected chi connectivity index (χ2v) is 7.60. The molecule has 5 nitrogen and oxygen atoms in total. The van der Waals surface area contributed by atoms with Gasteiger partial charge in [-0.25, -0.2) is 8.42 Å². The third kappa shape index (κ3) is 2.98. The van der Waals surface area contributed by atoms with Gasteiger partial charge in [0.05, 0.1) is 16.6 Å². The third-order valence-electron chi connectivity index (χ3n) is 3.58. The highest BCUT2D eigenvalue weighted by Gasteiger charge is 2.39. The van der Waals surface area contributed by atoms with Crippen molar-refractivity contribution in [3.63, 3.8) is 0 Å². The molecule has 0 saturated carbocycles. The second kappa shape index (κ2) is 4.57. The number of ether oxygens (including phenoxy) is 1. The molecule has 6 heteroatoms. The van der Waals surface area contributed by atoms with E-state index in [4.69, 9.17) is 4.74 Å². The molecule has 0 spiro atoms. The normalized spacial score (nSPS) is 37.5. The highest BCUT2D eigenvalue weighted by Crippen LogP contribution is 2.29. The topological polar surface area (TPSA) is 72.5 Å². The Morgan fingerprint density at radius 1 is 1.47 bits per heavy atom. The van der Waals surface area contributed by atoms with Crippen LogP contribution in [0.4, 0.5) is 0 Å². The zero-order chi connectivity index (χ0) is 12.5. The summed E-state index contributed by atoms with van der Waals surface area (Å²) >= 11 is 0. The molecule has 2 atom stereocenters. The lowest BCUT2D eigenvalue weighted by Gasteiger charge is -2.37. The molecule has 2 fully saturated rings. The van der Waals surface area contributed by atoms with Crippen molar-refractivity contribution < 1.29 is 17.9 Å². The summed E-state index contributed by atoms with van der Waals surface area (Å²) in [6, 6.07) is 0. The van der Waals surface area contributed by atoms with Gasteiger partial charge >= 0.3 is 0 Å². The van der Waals surface area contributed by atoms with Crippen LogP contribution in [0.15, 0.2) is 0 Å². The van der Waals surface area contributed by atoms with Crippen molar-refractivity contribution in [1.82, 2.24) is 5.32 Å². The van der Waals surface area contributed by atoms with Gasteiger partial charge in [0.25, 0.3) is 0 Å². The fourth-order valence-corrected chi connectivity index (χ4v) is 4.56. The van der Waals surface area contributed by atoms with Crippen molar-refractivity contribution in [2.24, 2.45) is 0 Å². The Morgan fingerprint density at radius 2 is 2.24 bits per heavy atom. The second-order valence-electron chi connectivity index (χ2n) is 5.20. The maximum atomic E-state index is 11.9. The molecule has 0 radical (unpaired) electrons. The van der Waals surface area contributed by atoms with Gasteiger partial charge in [-0.1, -0.05) is 6.42 Å². The van der Waals surface area contributed by atoms with Crippen LogP contribution < -0.4 is 5.32 Å². The van der Waals surface area contributed by atoms with Crippen LogP contribution in [0.1, 0.15) is 32.6 Å². The van der Waals surface area contributed by atoms with Crippen LogP contribution in [0.5, 0.6) is 0 Å². The molecule has 2 heterocycles. The maximum absolute atomic E-state index is 11.9. The standard InChI is InChI=1S/C11H19NO4S/c1-11(8-12-10(13)7-16-11)6-9-4-2-3-5-17(9,14)15/h9H,2-8H2,1H3,(H,12,13). The SMILES string of the molecule is CC1(CC2CCCCS2(=O)=O)CNC(=O)CO1. The summed E-state index contributed by atoms with van der Waals surface area (Å²) < 4.78 is 29.3. The molecule has 0 aromatic carbocycles. The van der Waals surface area contributed by atoms with Crippen LogP contribution in [0.2, 0.25) is 0 Å². The van der Waals surface area contributed by atoms with E-state index in [1.165, 1.54) is 0 Å². The molecular formula is C11H19NO4S. The smallest absolute Gasteiger partial charge is 0.246 e. The molecule has 2 aliphatic heterocycles. The van der Waals surface area contributed by atoms with Crippen molar-refractivity contribution >= 4 is 15.7 Å². The zero-order valence-electron chi connectivity index (χ0n) is 10.1. The Kier molecular flexibility index (Phi) is 3.45. The molecule has 17 heavy (non-hydrogen) atoms. The highest BCUT2D eigenvalue weighted by atomic mass is 32.2. The van der Waals surface area contributed by atoms with E-state index < -0.39 is 15.4 Å². The van der Waals surface area contributed by atoms with Crippen LogP contribution in [0, 0.1) is 0 Å². The van der Waals surface area contributed by atoms with E-state index in [0.717, 1.165) is 19.3 Å². The van der Waals surface area contributed by atoms with Gasteiger partial charge in [-0.3, -0.25) is 4.79 Å². The lowest BCUT2D eigenvalue weighted by atomic mass is 9.96. The van der Waals surface area contributed by atoms with Crippen molar-refractivity contribution in [2.75, 3.05) is 18.9 Å². The molecule has 0 aromatic rings. The van der Waals surface area contributed by atoms with E-state index in [9.17, 15) is 13.2 Å². The van der Waals surface area contributed by atoms with Crippen molar-refractivity contribution in [2.45, 2.75) is 43.5 Å². The monoisotopic (exact) mass is 261 g/mol. The summed E-state index contributed by atoms with van der Waals surface area (Å²) in [5, 5.41) is 2.42. The van der Waals surface area contributed by atoms with Crippen LogP contribution in [0.25, 0.3) is 0 Å². The van der Waals surface area contributed by atoms with Crippen LogP contribution in [-0.4, -0.2) is 44.1 Å². The average molecular weight is 261 g/mol. The Bertz CT molecular complexity index is 394. The van der Waals surface area contributed by atoms with Gasteiger partial charge in [0.1, 0.15) is 6.61 Å². The van der Waals surface area contributed by atoms with E-state index in [0.29, 0.717) is 18.7 Å². The fraction of sp³-hybridized carbons (Fsp3) is 0.909. The summed E-state index contributed by atoms with van der Waals surface area (Å²) in [6.07, 6.45) is 2.93. The summed E-state index contributed by atoms with van der Waals surface area (Å²) in [7, 11) is -2.97. The lowest BCUT2D eigenvalue weighted by molar-refractivity contribution is -0.142. The van der Waals surface area contributed by atoms with Gasteiger partial charge < -0.3 is 10.1 Å².